The number of anilines is 2. The van der Waals surface area contributed by atoms with Gasteiger partial charge >= 0.3 is 0 Å². The van der Waals surface area contributed by atoms with Gasteiger partial charge < -0.3 is 10.1 Å². The monoisotopic (exact) mass is 478 g/mol. The summed E-state index contributed by atoms with van der Waals surface area (Å²) in [6.45, 7) is 3.44. The van der Waals surface area contributed by atoms with E-state index in [4.69, 9.17) is 4.74 Å². The molecule has 1 fully saturated rings. The largest absolute Gasteiger partial charge is 0.490 e. The van der Waals surface area contributed by atoms with Crippen LogP contribution in [0.3, 0.4) is 0 Å². The summed E-state index contributed by atoms with van der Waals surface area (Å²) >= 11 is 0. The Morgan fingerprint density at radius 1 is 0.971 bits per heavy atom. The first-order valence-electron chi connectivity index (χ1n) is 11.5. The third-order valence-electron chi connectivity index (χ3n) is 5.98. The second-order valence-corrected chi connectivity index (χ2v) is 10.6. The van der Waals surface area contributed by atoms with Crippen molar-refractivity contribution in [3.63, 3.8) is 0 Å². The third kappa shape index (κ3) is 5.59. The van der Waals surface area contributed by atoms with Crippen LogP contribution in [0.5, 0.6) is 5.75 Å². The number of rotatable bonds is 8. The van der Waals surface area contributed by atoms with E-state index < -0.39 is 15.9 Å². The molecule has 1 aliphatic rings. The Kier molecular flexibility index (Phi) is 7.22. The Morgan fingerprint density at radius 2 is 1.65 bits per heavy atom. The molecule has 178 valence electrons. The summed E-state index contributed by atoms with van der Waals surface area (Å²) in [7, 11) is -3.94. The molecular weight excluding hydrogens is 448 g/mol. The molecular formula is C27H30N2O4S. The lowest BCUT2D eigenvalue weighted by Crippen LogP contribution is -2.38. The minimum absolute atomic E-state index is 0.135. The fourth-order valence-electron chi connectivity index (χ4n) is 4.25. The molecule has 1 aliphatic carbocycles. The SMILES string of the molecule is Cc1ccc(N(CC(=O)Nc2ccc(OC3CCCC3)cc2)S(=O)(=O)c2ccccc2)c(C)c1. The van der Waals surface area contributed by atoms with Crippen molar-refractivity contribution in [2.24, 2.45) is 0 Å². The molecule has 34 heavy (non-hydrogen) atoms. The molecule has 0 atom stereocenters. The fourth-order valence-corrected chi connectivity index (χ4v) is 5.76. The predicted octanol–water partition coefficient (Wildman–Crippen LogP) is 5.46. The van der Waals surface area contributed by atoms with E-state index in [1.54, 1.807) is 36.4 Å². The van der Waals surface area contributed by atoms with Crippen LogP contribution in [0.1, 0.15) is 36.8 Å². The van der Waals surface area contributed by atoms with Crippen molar-refractivity contribution in [2.45, 2.75) is 50.5 Å². The highest BCUT2D eigenvalue weighted by Gasteiger charge is 2.28. The fraction of sp³-hybridized carbons (Fsp3) is 0.296. The second kappa shape index (κ2) is 10.3. The zero-order valence-electron chi connectivity index (χ0n) is 19.5. The smallest absolute Gasteiger partial charge is 0.264 e. The van der Waals surface area contributed by atoms with Gasteiger partial charge in [0.05, 0.1) is 16.7 Å². The summed E-state index contributed by atoms with van der Waals surface area (Å²) in [6, 6.07) is 20.9. The number of ether oxygens (including phenoxy) is 1. The maximum Gasteiger partial charge on any atom is 0.264 e. The van der Waals surface area contributed by atoms with Gasteiger partial charge in [-0.1, -0.05) is 35.9 Å². The Hall–Kier alpha value is -3.32. The first kappa shape index (κ1) is 23.8. The normalized spacial score (nSPS) is 14.1. The number of nitrogens with zero attached hydrogens (tertiary/aromatic N) is 1. The van der Waals surface area contributed by atoms with E-state index >= 15 is 0 Å². The molecule has 0 aromatic heterocycles. The molecule has 0 unspecified atom stereocenters. The quantitative estimate of drug-likeness (QED) is 0.467. The third-order valence-corrected chi connectivity index (χ3v) is 7.76. The molecule has 7 heteroatoms. The summed E-state index contributed by atoms with van der Waals surface area (Å²) in [6.07, 6.45) is 4.80. The van der Waals surface area contributed by atoms with Crippen LogP contribution in [0.4, 0.5) is 11.4 Å². The summed E-state index contributed by atoms with van der Waals surface area (Å²) < 4.78 is 34.1. The lowest BCUT2D eigenvalue weighted by atomic mass is 10.1. The highest BCUT2D eigenvalue weighted by Crippen LogP contribution is 2.28. The molecule has 4 rings (SSSR count). The summed E-state index contributed by atoms with van der Waals surface area (Å²) in [5, 5.41) is 2.82. The average molecular weight is 479 g/mol. The van der Waals surface area contributed by atoms with Crippen LogP contribution >= 0.6 is 0 Å². The molecule has 3 aromatic carbocycles. The first-order valence-corrected chi connectivity index (χ1v) is 13.0. The molecule has 1 amide bonds. The van der Waals surface area contributed by atoms with E-state index in [0.29, 0.717) is 11.4 Å². The van der Waals surface area contributed by atoms with E-state index in [1.165, 1.54) is 29.3 Å². The Morgan fingerprint density at radius 3 is 2.29 bits per heavy atom. The number of aryl methyl sites for hydroxylation is 2. The minimum atomic E-state index is -3.94. The molecule has 1 N–H and O–H groups in total. The number of sulfonamides is 1. The van der Waals surface area contributed by atoms with Crippen LogP contribution in [-0.4, -0.2) is 27.0 Å². The number of carbonyl (C=O) groups is 1. The number of carbonyl (C=O) groups excluding carboxylic acids is 1. The van der Waals surface area contributed by atoms with Gasteiger partial charge in [0.15, 0.2) is 0 Å². The summed E-state index contributed by atoms with van der Waals surface area (Å²) in [5.74, 6) is 0.345. The Bertz CT molecular complexity index is 1240. The van der Waals surface area contributed by atoms with Gasteiger partial charge in [-0.2, -0.15) is 0 Å². The average Bonchev–Trinajstić information content (AvgIpc) is 3.33. The molecule has 3 aromatic rings. The predicted molar refractivity (Wildman–Crippen MR) is 135 cm³/mol. The molecule has 6 nitrogen and oxygen atoms in total. The van der Waals surface area contributed by atoms with Gasteiger partial charge in [-0.3, -0.25) is 9.10 Å². The number of benzene rings is 3. The number of hydrogen-bond donors (Lipinski definition) is 1. The summed E-state index contributed by atoms with van der Waals surface area (Å²) in [5.41, 5.74) is 2.86. The van der Waals surface area contributed by atoms with Gasteiger partial charge in [0.1, 0.15) is 12.3 Å². The molecule has 0 aliphatic heterocycles. The van der Waals surface area contributed by atoms with Crippen LogP contribution in [0.15, 0.2) is 77.7 Å². The van der Waals surface area contributed by atoms with Crippen molar-refractivity contribution >= 4 is 27.3 Å². The summed E-state index contributed by atoms with van der Waals surface area (Å²) in [4.78, 5) is 13.1. The van der Waals surface area contributed by atoms with Crippen LogP contribution in [0.2, 0.25) is 0 Å². The maximum atomic E-state index is 13.5. The Balaban J connectivity index is 1.53. The second-order valence-electron chi connectivity index (χ2n) is 8.71. The van der Waals surface area contributed by atoms with Crippen LogP contribution in [0, 0.1) is 13.8 Å². The van der Waals surface area contributed by atoms with E-state index in [1.807, 2.05) is 38.1 Å². The van der Waals surface area contributed by atoms with Gasteiger partial charge in [-0.25, -0.2) is 8.42 Å². The lowest BCUT2D eigenvalue weighted by Gasteiger charge is -2.26. The van der Waals surface area contributed by atoms with Crippen molar-refractivity contribution in [3.8, 4) is 5.75 Å². The van der Waals surface area contributed by atoms with Crippen molar-refractivity contribution in [1.82, 2.24) is 0 Å². The first-order chi connectivity index (χ1) is 16.3. The van der Waals surface area contributed by atoms with E-state index in [-0.39, 0.29) is 17.5 Å². The van der Waals surface area contributed by atoms with Gasteiger partial charge in [0.2, 0.25) is 5.91 Å². The van der Waals surface area contributed by atoms with Crippen molar-refractivity contribution < 1.29 is 17.9 Å². The molecule has 0 saturated heterocycles. The van der Waals surface area contributed by atoms with Crippen LogP contribution in [-0.2, 0) is 14.8 Å². The van der Waals surface area contributed by atoms with E-state index in [9.17, 15) is 13.2 Å². The van der Waals surface area contributed by atoms with Gasteiger partial charge in [0, 0.05) is 5.69 Å². The molecule has 0 radical (unpaired) electrons. The van der Waals surface area contributed by atoms with Gasteiger partial charge in [-0.15, -0.1) is 0 Å². The van der Waals surface area contributed by atoms with Crippen molar-refractivity contribution in [1.29, 1.82) is 0 Å². The lowest BCUT2D eigenvalue weighted by molar-refractivity contribution is -0.114. The zero-order valence-corrected chi connectivity index (χ0v) is 20.3. The van der Waals surface area contributed by atoms with Crippen LogP contribution in [0.25, 0.3) is 0 Å². The number of nitrogens with one attached hydrogen (secondary N) is 1. The highest BCUT2D eigenvalue weighted by molar-refractivity contribution is 7.92. The molecule has 0 heterocycles. The van der Waals surface area contributed by atoms with Crippen LogP contribution < -0.4 is 14.4 Å². The number of hydrogen-bond acceptors (Lipinski definition) is 4. The highest BCUT2D eigenvalue weighted by atomic mass is 32.2. The minimum Gasteiger partial charge on any atom is -0.490 e. The molecule has 0 bridgehead atoms. The van der Waals surface area contributed by atoms with Gasteiger partial charge in [-0.05, 0) is 87.6 Å². The molecule has 0 spiro atoms. The molecule has 1 saturated carbocycles. The topological polar surface area (TPSA) is 75.7 Å². The van der Waals surface area contributed by atoms with E-state index in [2.05, 4.69) is 5.32 Å². The maximum absolute atomic E-state index is 13.5. The number of amides is 1. The zero-order chi connectivity index (χ0) is 24.1. The van der Waals surface area contributed by atoms with Crippen molar-refractivity contribution in [2.75, 3.05) is 16.2 Å². The van der Waals surface area contributed by atoms with Crippen molar-refractivity contribution in [3.05, 3.63) is 83.9 Å². The standard InChI is InChI=1S/C27H30N2O4S/c1-20-12-17-26(21(2)18-20)29(34(31,32)25-10-4-3-5-11-25)19-27(30)28-22-13-15-24(16-14-22)33-23-8-6-7-9-23/h3-5,10-18,23H,6-9,19H2,1-2H3,(H,28,30). The van der Waals surface area contributed by atoms with Gasteiger partial charge in [0.25, 0.3) is 10.0 Å². The Labute approximate surface area is 201 Å². The van der Waals surface area contributed by atoms with E-state index in [0.717, 1.165) is 29.7 Å².